The summed E-state index contributed by atoms with van der Waals surface area (Å²) in [5.74, 6) is 0. The normalized spacial score (nSPS) is 20.3. The van der Waals surface area contributed by atoms with Crippen LogP contribution in [0.1, 0.15) is 42.4 Å². The van der Waals surface area contributed by atoms with Crippen LogP contribution in [0.15, 0.2) is 42.5 Å². The van der Waals surface area contributed by atoms with Gasteiger partial charge in [-0.15, -0.1) is 0 Å². The molecular formula is C24H26N4O. The molecule has 29 heavy (non-hydrogen) atoms. The van der Waals surface area contributed by atoms with Crippen molar-refractivity contribution < 1.29 is 4.79 Å². The molecule has 2 aliphatic heterocycles. The van der Waals surface area contributed by atoms with Gasteiger partial charge in [0.2, 0.25) is 0 Å². The molecule has 0 bridgehead atoms. The number of aryl methyl sites for hydroxylation is 1. The minimum absolute atomic E-state index is 0.0542. The van der Waals surface area contributed by atoms with E-state index >= 15 is 0 Å². The summed E-state index contributed by atoms with van der Waals surface area (Å²) in [4.78, 5) is 17.7. The lowest BCUT2D eigenvalue weighted by Crippen LogP contribution is -2.47. The molecule has 2 fully saturated rings. The number of carbonyl (C=O) groups excluding carboxylic acids is 1. The van der Waals surface area contributed by atoms with E-state index < -0.39 is 0 Å². The Morgan fingerprint density at radius 1 is 1.17 bits per heavy atom. The molecule has 1 aliphatic carbocycles. The Hall–Kier alpha value is -2.84. The third-order valence-corrected chi connectivity index (χ3v) is 6.78. The predicted octanol–water partition coefficient (Wildman–Crippen LogP) is 4.41. The number of nitrogens with one attached hydrogen (secondary N) is 1. The van der Waals surface area contributed by atoms with E-state index in [0.717, 1.165) is 44.2 Å². The van der Waals surface area contributed by atoms with Gasteiger partial charge >= 0.3 is 6.03 Å². The summed E-state index contributed by atoms with van der Waals surface area (Å²) < 4.78 is 0. The topological polar surface area (TPSA) is 59.4 Å². The molecule has 0 radical (unpaired) electrons. The Labute approximate surface area is 171 Å². The number of nitrogens with zero attached hydrogens (tertiary/aromatic N) is 3. The van der Waals surface area contributed by atoms with Crippen LogP contribution < -0.4 is 10.2 Å². The van der Waals surface area contributed by atoms with Crippen LogP contribution >= 0.6 is 0 Å². The molecule has 2 aromatic rings. The van der Waals surface area contributed by atoms with E-state index in [9.17, 15) is 4.79 Å². The summed E-state index contributed by atoms with van der Waals surface area (Å²) in [5, 5.41) is 12.1. The Morgan fingerprint density at radius 2 is 1.97 bits per heavy atom. The minimum atomic E-state index is -0.119. The Morgan fingerprint density at radius 3 is 2.69 bits per heavy atom. The number of hydrogen-bond acceptors (Lipinski definition) is 3. The molecule has 1 spiro atoms. The Bertz CT molecular complexity index is 996. The molecule has 1 saturated heterocycles. The van der Waals surface area contributed by atoms with Gasteiger partial charge in [0.1, 0.15) is 0 Å². The second-order valence-electron chi connectivity index (χ2n) is 8.78. The summed E-state index contributed by atoms with van der Waals surface area (Å²) in [6.45, 7) is 5.10. The molecule has 5 rings (SSSR count). The molecule has 5 heteroatoms. The van der Waals surface area contributed by atoms with Crippen molar-refractivity contribution in [3.05, 3.63) is 59.2 Å². The van der Waals surface area contributed by atoms with E-state index in [4.69, 9.17) is 5.26 Å². The number of carbonyl (C=O) groups is 1. The van der Waals surface area contributed by atoms with Crippen LogP contribution in [0.2, 0.25) is 0 Å². The highest BCUT2D eigenvalue weighted by molar-refractivity contribution is 6.03. The van der Waals surface area contributed by atoms with Crippen LogP contribution in [-0.4, -0.2) is 36.6 Å². The first-order valence-electron chi connectivity index (χ1n) is 10.5. The average Bonchev–Trinajstić information content (AvgIpc) is 3.54. The van der Waals surface area contributed by atoms with E-state index in [1.165, 1.54) is 24.0 Å². The maximum atomic E-state index is 13.2. The fraction of sp³-hybridized carbons (Fsp3) is 0.417. The lowest BCUT2D eigenvalue weighted by atomic mass is 9.74. The molecular weight excluding hydrogens is 360 g/mol. The van der Waals surface area contributed by atoms with E-state index in [1.54, 1.807) is 18.2 Å². The number of hydrogen-bond donors (Lipinski definition) is 1. The van der Waals surface area contributed by atoms with Gasteiger partial charge in [-0.2, -0.15) is 5.26 Å². The quantitative estimate of drug-likeness (QED) is 0.831. The first-order valence-corrected chi connectivity index (χ1v) is 10.5. The van der Waals surface area contributed by atoms with Crippen LogP contribution in [0.4, 0.5) is 16.2 Å². The highest BCUT2D eigenvalue weighted by Crippen LogP contribution is 2.48. The third kappa shape index (κ3) is 3.28. The standard InChI is InChI=1S/C24H26N4O/c1-17-5-8-22-21(13-17)24(9-11-27(12-10-24)20-6-7-20)16-28(22)23(29)26-19-4-2-3-18(14-19)15-25/h2-5,8,13-14,20H,6-7,9-12,16H2,1H3,(H,26,29). The van der Waals surface area contributed by atoms with Gasteiger partial charge in [0.05, 0.1) is 11.6 Å². The van der Waals surface area contributed by atoms with E-state index in [1.807, 2.05) is 11.0 Å². The maximum absolute atomic E-state index is 13.2. The van der Waals surface area contributed by atoms with E-state index in [-0.39, 0.29) is 11.4 Å². The van der Waals surface area contributed by atoms with Gasteiger partial charge in [-0.3, -0.25) is 4.90 Å². The van der Waals surface area contributed by atoms with Crippen LogP contribution in [0.5, 0.6) is 0 Å². The van der Waals surface area contributed by atoms with E-state index in [0.29, 0.717) is 11.3 Å². The summed E-state index contributed by atoms with van der Waals surface area (Å²) in [7, 11) is 0. The largest absolute Gasteiger partial charge is 0.326 e. The maximum Gasteiger partial charge on any atom is 0.326 e. The van der Waals surface area contributed by atoms with Crippen molar-refractivity contribution >= 4 is 17.4 Å². The number of piperidine rings is 1. The number of benzene rings is 2. The molecule has 0 aromatic heterocycles. The van der Waals surface area contributed by atoms with Crippen molar-refractivity contribution in [2.45, 2.75) is 44.1 Å². The zero-order valence-corrected chi connectivity index (χ0v) is 16.8. The zero-order chi connectivity index (χ0) is 20.0. The van der Waals surface area contributed by atoms with E-state index in [2.05, 4.69) is 41.4 Å². The fourth-order valence-electron chi connectivity index (χ4n) is 5.01. The van der Waals surface area contributed by atoms with Crippen LogP contribution in [-0.2, 0) is 5.41 Å². The highest BCUT2D eigenvalue weighted by atomic mass is 16.2. The van der Waals surface area contributed by atoms with Crippen molar-refractivity contribution in [2.75, 3.05) is 29.9 Å². The number of anilines is 2. The van der Waals surface area contributed by atoms with Crippen molar-refractivity contribution in [2.24, 2.45) is 0 Å². The van der Waals surface area contributed by atoms with Gasteiger partial charge in [-0.25, -0.2) is 4.79 Å². The highest BCUT2D eigenvalue weighted by Gasteiger charge is 2.47. The molecule has 1 saturated carbocycles. The van der Waals surface area contributed by atoms with Crippen LogP contribution in [0, 0.1) is 18.3 Å². The number of likely N-dealkylation sites (tertiary alicyclic amines) is 1. The second kappa shape index (κ2) is 6.89. The molecule has 0 unspecified atom stereocenters. The number of urea groups is 1. The van der Waals surface area contributed by atoms with Crippen molar-refractivity contribution in [3.63, 3.8) is 0 Å². The number of rotatable bonds is 2. The lowest BCUT2D eigenvalue weighted by Gasteiger charge is -2.40. The summed E-state index contributed by atoms with van der Waals surface area (Å²) >= 11 is 0. The van der Waals surface area contributed by atoms with Gasteiger partial charge in [0, 0.05) is 29.4 Å². The molecule has 2 amide bonds. The Balaban J connectivity index is 1.41. The van der Waals surface area contributed by atoms with Gasteiger partial charge in [-0.1, -0.05) is 23.8 Å². The van der Waals surface area contributed by atoms with Crippen LogP contribution in [0.3, 0.4) is 0 Å². The number of nitriles is 1. The second-order valence-corrected chi connectivity index (χ2v) is 8.78. The van der Waals surface area contributed by atoms with Crippen LogP contribution in [0.25, 0.3) is 0 Å². The van der Waals surface area contributed by atoms with Crippen molar-refractivity contribution in [3.8, 4) is 6.07 Å². The van der Waals surface area contributed by atoms with Gasteiger partial charge in [0.15, 0.2) is 0 Å². The molecule has 148 valence electrons. The van der Waals surface area contributed by atoms with Gasteiger partial charge in [-0.05, 0) is 75.5 Å². The molecule has 2 aromatic carbocycles. The molecule has 0 atom stereocenters. The zero-order valence-electron chi connectivity index (χ0n) is 16.8. The van der Waals surface area contributed by atoms with Crippen molar-refractivity contribution in [1.82, 2.24) is 4.90 Å². The average molecular weight is 386 g/mol. The lowest BCUT2D eigenvalue weighted by molar-refractivity contribution is 0.159. The van der Waals surface area contributed by atoms with Gasteiger partial charge in [0.25, 0.3) is 0 Å². The van der Waals surface area contributed by atoms with Gasteiger partial charge < -0.3 is 10.2 Å². The first kappa shape index (κ1) is 18.2. The fourth-order valence-corrected chi connectivity index (χ4v) is 5.01. The summed E-state index contributed by atoms with van der Waals surface area (Å²) in [6, 6.07) is 16.4. The smallest absolute Gasteiger partial charge is 0.307 e. The molecule has 5 nitrogen and oxygen atoms in total. The third-order valence-electron chi connectivity index (χ3n) is 6.78. The number of amides is 2. The minimum Gasteiger partial charge on any atom is -0.307 e. The monoisotopic (exact) mass is 386 g/mol. The SMILES string of the molecule is Cc1ccc2c(c1)C1(CCN(C3CC3)CC1)CN2C(=O)Nc1cccc(C#N)c1. The number of fused-ring (bicyclic) bond motifs is 2. The van der Waals surface area contributed by atoms with Crippen molar-refractivity contribution in [1.29, 1.82) is 5.26 Å². The molecule has 3 aliphatic rings. The first-order chi connectivity index (χ1) is 14.1. The summed E-state index contributed by atoms with van der Waals surface area (Å²) in [6.07, 6.45) is 4.90. The Kier molecular flexibility index (Phi) is 4.33. The predicted molar refractivity (Wildman–Crippen MR) is 114 cm³/mol. The molecule has 1 N–H and O–H groups in total. The summed E-state index contributed by atoms with van der Waals surface area (Å²) in [5.41, 5.74) is 4.87. The molecule has 2 heterocycles.